The second-order valence-electron chi connectivity index (χ2n) is 13.4. The van der Waals surface area contributed by atoms with Crippen molar-refractivity contribution in [2.24, 2.45) is 0 Å². The summed E-state index contributed by atoms with van der Waals surface area (Å²) in [7, 11) is 0. The van der Waals surface area contributed by atoms with E-state index < -0.39 is 0 Å². The van der Waals surface area contributed by atoms with Gasteiger partial charge in [0.05, 0.1) is 16.4 Å². The lowest BCUT2D eigenvalue weighted by molar-refractivity contribution is 0.655. The van der Waals surface area contributed by atoms with E-state index in [0.29, 0.717) is 5.71 Å². The lowest BCUT2D eigenvalue weighted by atomic mass is 9.91. The van der Waals surface area contributed by atoms with Gasteiger partial charge in [-0.3, -0.25) is 0 Å². The first-order valence-electron chi connectivity index (χ1n) is 17.3. The lowest BCUT2D eigenvalue weighted by Gasteiger charge is -2.13. The van der Waals surface area contributed by atoms with Crippen molar-refractivity contribution in [1.29, 1.82) is 0 Å². The zero-order valence-electron chi connectivity index (χ0n) is 27.5. The van der Waals surface area contributed by atoms with Crippen molar-refractivity contribution in [3.8, 4) is 33.4 Å². The average Bonchev–Trinajstić information content (AvgIpc) is 3.57. The van der Waals surface area contributed by atoms with Crippen LogP contribution in [0.25, 0.3) is 110 Å². The zero-order chi connectivity index (χ0) is 33.5. The third-order valence-corrected chi connectivity index (χ3v) is 10.4. The number of fused-ring (bicyclic) bond motifs is 12. The van der Waals surface area contributed by atoms with Gasteiger partial charge in [0.1, 0.15) is 11.1 Å². The highest BCUT2D eigenvalue weighted by Gasteiger charge is 2.15. The Morgan fingerprint density at radius 2 is 0.863 bits per heavy atom. The van der Waals surface area contributed by atoms with Crippen LogP contribution in [-0.4, -0.2) is 9.97 Å². The van der Waals surface area contributed by atoms with Crippen molar-refractivity contribution >= 4 is 76.3 Å². The van der Waals surface area contributed by atoms with Gasteiger partial charge < -0.3 is 4.42 Å². The molecule has 2 heterocycles. The number of rotatable bonds is 3. The van der Waals surface area contributed by atoms with Crippen LogP contribution in [0.15, 0.2) is 174 Å². The molecule has 11 rings (SSSR count). The summed E-state index contributed by atoms with van der Waals surface area (Å²) in [5.41, 5.74) is 10.8. The summed E-state index contributed by atoms with van der Waals surface area (Å²) in [4.78, 5) is 10.0. The molecule has 0 aliphatic heterocycles. The van der Waals surface area contributed by atoms with Gasteiger partial charge in [0.25, 0.3) is 0 Å². The third kappa shape index (κ3) is 4.38. The van der Waals surface area contributed by atoms with E-state index in [4.69, 9.17) is 14.4 Å². The molecule has 0 spiro atoms. The van der Waals surface area contributed by atoms with Gasteiger partial charge in [0, 0.05) is 0 Å². The van der Waals surface area contributed by atoms with Crippen molar-refractivity contribution in [2.45, 2.75) is 0 Å². The second kappa shape index (κ2) is 10.8. The highest BCUT2D eigenvalue weighted by atomic mass is 16.3. The highest BCUT2D eigenvalue weighted by Crippen LogP contribution is 2.39. The molecule has 0 amide bonds. The fourth-order valence-electron chi connectivity index (χ4n) is 7.98. The Balaban J connectivity index is 0.983. The van der Waals surface area contributed by atoms with Crippen LogP contribution in [0, 0.1) is 0 Å². The van der Waals surface area contributed by atoms with Gasteiger partial charge in [-0.05, 0) is 113 Å². The molecule has 2 aromatic heterocycles. The predicted octanol–water partition coefficient (Wildman–Crippen LogP) is 13.1. The third-order valence-electron chi connectivity index (χ3n) is 10.4. The molecule has 0 unspecified atom stereocenters. The van der Waals surface area contributed by atoms with E-state index in [0.717, 1.165) is 55.0 Å². The Kier molecular flexibility index (Phi) is 5.96. The fraction of sp³-hybridized carbons (Fsp3) is 0. The molecule has 0 bridgehead atoms. The molecule has 9 aromatic carbocycles. The summed E-state index contributed by atoms with van der Waals surface area (Å²) in [6.45, 7) is 0. The van der Waals surface area contributed by atoms with Crippen LogP contribution in [0.4, 0.5) is 0 Å². The van der Waals surface area contributed by atoms with Crippen molar-refractivity contribution in [2.75, 3.05) is 0 Å². The fourth-order valence-corrected chi connectivity index (χ4v) is 7.98. The minimum Gasteiger partial charge on any atom is -0.436 e. The number of nitrogens with zero attached hydrogens (tertiary/aromatic N) is 2. The van der Waals surface area contributed by atoms with Crippen molar-refractivity contribution < 1.29 is 4.42 Å². The molecular formula is C48H28N2O. The Bertz CT molecular complexity index is 3170. The van der Waals surface area contributed by atoms with Crippen LogP contribution in [0.3, 0.4) is 0 Å². The second-order valence-corrected chi connectivity index (χ2v) is 13.4. The van der Waals surface area contributed by atoms with Crippen LogP contribution in [0.1, 0.15) is 0 Å². The van der Waals surface area contributed by atoms with Gasteiger partial charge in [-0.25, -0.2) is 9.97 Å². The van der Waals surface area contributed by atoms with E-state index in [9.17, 15) is 0 Å². The van der Waals surface area contributed by atoms with E-state index in [1.807, 2.05) is 6.07 Å². The van der Waals surface area contributed by atoms with E-state index in [-0.39, 0.29) is 0 Å². The largest absolute Gasteiger partial charge is 0.436 e. The quantitative estimate of drug-likeness (QED) is 0.179. The maximum absolute atomic E-state index is 6.23. The van der Waals surface area contributed by atoms with Crippen molar-refractivity contribution in [3.63, 3.8) is 0 Å². The van der Waals surface area contributed by atoms with Crippen molar-refractivity contribution in [3.05, 3.63) is 170 Å². The molecule has 3 heteroatoms. The maximum Gasteiger partial charge on any atom is 0.246 e. The molecular weight excluding hydrogens is 621 g/mol. The summed E-state index contributed by atoms with van der Waals surface area (Å²) >= 11 is 0. The zero-order valence-corrected chi connectivity index (χ0v) is 27.5. The Hall–Kier alpha value is -6.84. The van der Waals surface area contributed by atoms with Gasteiger partial charge >= 0.3 is 0 Å². The van der Waals surface area contributed by atoms with Gasteiger partial charge in [-0.2, -0.15) is 0 Å². The van der Waals surface area contributed by atoms with Crippen LogP contribution in [-0.2, 0) is 0 Å². The van der Waals surface area contributed by atoms with Crippen LogP contribution >= 0.6 is 0 Å². The molecule has 3 nitrogen and oxygen atoms in total. The number of aromatic nitrogens is 2. The van der Waals surface area contributed by atoms with Gasteiger partial charge in [0.2, 0.25) is 5.71 Å². The van der Waals surface area contributed by atoms with Gasteiger partial charge in [0.15, 0.2) is 0 Å². The molecule has 0 radical (unpaired) electrons. The topological polar surface area (TPSA) is 38.9 Å². The smallest absolute Gasteiger partial charge is 0.246 e. The summed E-state index contributed by atoms with van der Waals surface area (Å²) in [6.07, 6.45) is 0. The minimum absolute atomic E-state index is 0.562. The molecule has 0 N–H and O–H groups in total. The van der Waals surface area contributed by atoms with Crippen LogP contribution in [0.5, 0.6) is 0 Å². The summed E-state index contributed by atoms with van der Waals surface area (Å²) < 4.78 is 6.23. The first-order valence-corrected chi connectivity index (χ1v) is 17.3. The summed E-state index contributed by atoms with van der Waals surface area (Å²) in [5, 5.41) is 11.0. The predicted molar refractivity (Wildman–Crippen MR) is 213 cm³/mol. The Morgan fingerprint density at radius 1 is 0.333 bits per heavy atom. The van der Waals surface area contributed by atoms with Gasteiger partial charge in [-0.1, -0.05) is 133 Å². The summed E-state index contributed by atoms with van der Waals surface area (Å²) in [5.74, 6) is 0. The standard InChI is InChI=1S/C48H28N2O/c1-2-14-36-29(9-1)21-24-45-46(36)47-48(51-45)50-44-28-35(20-23-43(44)49-47)33-13-8-11-31(26-33)30-10-7-12-32(25-30)34-19-22-41-39-17-4-3-15-37(39)38-16-5-6-18-40(38)42(41)27-34/h1-28H. The molecule has 0 aliphatic rings. The maximum atomic E-state index is 6.23. The van der Waals surface area contributed by atoms with Crippen molar-refractivity contribution in [1.82, 2.24) is 9.97 Å². The highest BCUT2D eigenvalue weighted by molar-refractivity contribution is 6.25. The Labute approximate surface area is 293 Å². The Morgan fingerprint density at radius 3 is 1.53 bits per heavy atom. The number of furan rings is 1. The van der Waals surface area contributed by atoms with Gasteiger partial charge in [-0.15, -0.1) is 0 Å². The number of hydrogen-bond donors (Lipinski definition) is 0. The molecule has 0 saturated carbocycles. The minimum atomic E-state index is 0.562. The monoisotopic (exact) mass is 648 g/mol. The molecule has 0 aliphatic carbocycles. The van der Waals surface area contributed by atoms with E-state index >= 15 is 0 Å². The molecule has 51 heavy (non-hydrogen) atoms. The molecule has 0 saturated heterocycles. The SMILES string of the molecule is c1cc(-c2cccc(-c3ccc4c5ccccc5c5ccccc5c4c3)c2)cc(-c2ccc3nc4c(nc3c2)oc2ccc3ccccc3c24)c1. The first-order chi connectivity index (χ1) is 25.2. The molecule has 236 valence electrons. The average molecular weight is 649 g/mol. The van der Waals surface area contributed by atoms with E-state index in [1.165, 1.54) is 49.0 Å². The molecule has 0 atom stereocenters. The van der Waals surface area contributed by atoms with E-state index in [1.54, 1.807) is 0 Å². The molecule has 0 fully saturated rings. The first kappa shape index (κ1) is 28.0. The lowest BCUT2D eigenvalue weighted by Crippen LogP contribution is -1.88. The number of benzene rings is 9. The molecule has 11 aromatic rings. The normalized spacial score (nSPS) is 11.9. The van der Waals surface area contributed by atoms with Crippen LogP contribution < -0.4 is 0 Å². The number of hydrogen-bond acceptors (Lipinski definition) is 3. The summed E-state index contributed by atoms with van der Waals surface area (Å²) in [6, 6.07) is 60.8. The van der Waals surface area contributed by atoms with Crippen LogP contribution in [0.2, 0.25) is 0 Å². The van der Waals surface area contributed by atoms with E-state index in [2.05, 4.69) is 164 Å².